The molecule has 0 fully saturated rings. The molecule has 2 nitrogen and oxygen atoms in total. The van der Waals surface area contributed by atoms with E-state index in [0.29, 0.717) is 0 Å². The van der Waals surface area contributed by atoms with Gasteiger partial charge in [-0.3, -0.25) is 4.99 Å². The Morgan fingerprint density at radius 2 is 1.75 bits per heavy atom. The number of aromatic nitrogens is 1. The van der Waals surface area contributed by atoms with E-state index in [1.807, 2.05) is 12.1 Å². The second-order valence-electron chi connectivity index (χ2n) is 6.78. The van der Waals surface area contributed by atoms with Crippen molar-refractivity contribution in [2.45, 2.75) is 65.3 Å². The fourth-order valence-electron chi connectivity index (χ4n) is 2.83. The highest BCUT2D eigenvalue weighted by molar-refractivity contribution is 7.07. The van der Waals surface area contributed by atoms with E-state index >= 15 is 0 Å². The van der Waals surface area contributed by atoms with E-state index in [9.17, 15) is 0 Å². The first-order valence-electron chi connectivity index (χ1n) is 8.96. The summed E-state index contributed by atoms with van der Waals surface area (Å²) in [6.07, 6.45) is 4.72. The van der Waals surface area contributed by atoms with Crippen LogP contribution in [0.4, 0.5) is 0 Å². The molecule has 1 aromatic heterocycles. The molecular formula is C20H29ClN2S. The van der Waals surface area contributed by atoms with Crippen LogP contribution in [-0.4, -0.2) is 11.1 Å². The third kappa shape index (κ3) is 4.52. The lowest BCUT2D eigenvalue weighted by atomic mass is 9.82. The van der Waals surface area contributed by atoms with E-state index in [1.165, 1.54) is 30.5 Å². The molecule has 0 saturated carbocycles. The minimum Gasteiger partial charge on any atom is -0.320 e. The Morgan fingerprint density at radius 3 is 2.38 bits per heavy atom. The van der Waals surface area contributed by atoms with Crippen molar-refractivity contribution in [3.05, 3.63) is 50.7 Å². The maximum Gasteiger partial charge on any atom is 0.184 e. The van der Waals surface area contributed by atoms with Crippen molar-refractivity contribution in [3.63, 3.8) is 0 Å². The lowest BCUT2D eigenvalue weighted by Gasteiger charge is -2.27. The van der Waals surface area contributed by atoms with Gasteiger partial charge in [0.2, 0.25) is 0 Å². The molecule has 0 bridgehead atoms. The predicted molar refractivity (Wildman–Crippen MR) is 106 cm³/mol. The number of hydrogen-bond donors (Lipinski definition) is 0. The SMILES string of the molecule is CCCCN=c1scc(C(C)(C)c2ccc(Cl)cc2)n1CCCC. The quantitative estimate of drug-likeness (QED) is 0.509. The van der Waals surface area contributed by atoms with E-state index in [-0.39, 0.29) is 5.41 Å². The molecule has 2 rings (SSSR count). The van der Waals surface area contributed by atoms with Gasteiger partial charge < -0.3 is 4.57 Å². The van der Waals surface area contributed by atoms with Crippen molar-refractivity contribution >= 4 is 22.9 Å². The molecule has 4 heteroatoms. The lowest BCUT2D eigenvalue weighted by Crippen LogP contribution is -2.28. The molecular weight excluding hydrogens is 336 g/mol. The smallest absolute Gasteiger partial charge is 0.184 e. The van der Waals surface area contributed by atoms with Crippen molar-refractivity contribution in [2.24, 2.45) is 4.99 Å². The highest BCUT2D eigenvalue weighted by Gasteiger charge is 2.27. The Hall–Kier alpha value is -1.06. The fraction of sp³-hybridized carbons (Fsp3) is 0.550. The molecule has 0 amide bonds. The first-order chi connectivity index (χ1) is 11.5. The number of halogens is 1. The predicted octanol–water partition coefficient (Wildman–Crippen LogP) is 6.03. The molecule has 0 radical (unpaired) electrons. The highest BCUT2D eigenvalue weighted by Crippen LogP contribution is 2.32. The lowest BCUT2D eigenvalue weighted by molar-refractivity contribution is 0.519. The molecule has 0 aliphatic rings. The summed E-state index contributed by atoms with van der Waals surface area (Å²) in [6, 6.07) is 8.23. The van der Waals surface area contributed by atoms with Gasteiger partial charge >= 0.3 is 0 Å². The van der Waals surface area contributed by atoms with E-state index in [2.05, 4.69) is 49.8 Å². The topological polar surface area (TPSA) is 17.3 Å². The molecule has 1 heterocycles. The third-order valence-corrected chi connectivity index (χ3v) is 5.65. The van der Waals surface area contributed by atoms with E-state index in [0.717, 1.165) is 29.3 Å². The van der Waals surface area contributed by atoms with Gasteiger partial charge in [-0.15, -0.1) is 11.3 Å². The van der Waals surface area contributed by atoms with E-state index in [4.69, 9.17) is 16.6 Å². The number of nitrogens with zero attached hydrogens (tertiary/aromatic N) is 2. The molecule has 1 aromatic carbocycles. The molecule has 0 unspecified atom stereocenters. The van der Waals surface area contributed by atoms with Crippen molar-refractivity contribution in [2.75, 3.05) is 6.54 Å². The van der Waals surface area contributed by atoms with Crippen LogP contribution >= 0.6 is 22.9 Å². The number of thiazole rings is 1. The van der Waals surface area contributed by atoms with E-state index in [1.54, 1.807) is 11.3 Å². The Bertz CT molecular complexity index is 695. The third-order valence-electron chi connectivity index (χ3n) is 4.50. The van der Waals surface area contributed by atoms with Crippen molar-refractivity contribution in [1.29, 1.82) is 0 Å². The largest absolute Gasteiger partial charge is 0.320 e. The first-order valence-corrected chi connectivity index (χ1v) is 10.2. The zero-order valence-corrected chi connectivity index (χ0v) is 16.9. The Kier molecular flexibility index (Phi) is 7.12. The first kappa shape index (κ1) is 19.3. The average Bonchev–Trinajstić information content (AvgIpc) is 2.97. The number of unbranched alkanes of at least 4 members (excludes halogenated alkanes) is 2. The van der Waals surface area contributed by atoms with Crippen LogP contribution in [0, 0.1) is 0 Å². The van der Waals surface area contributed by atoms with Gasteiger partial charge in [0.05, 0.1) is 0 Å². The van der Waals surface area contributed by atoms with Crippen LogP contribution in [-0.2, 0) is 12.0 Å². The maximum absolute atomic E-state index is 6.06. The number of benzene rings is 1. The summed E-state index contributed by atoms with van der Waals surface area (Å²) in [5.41, 5.74) is 2.57. The standard InChI is InChI=1S/C20H29ClN2S/c1-5-7-13-22-19-23(14-8-6-2)18(15-24-19)20(3,4)16-9-11-17(21)12-10-16/h9-12,15H,5-8,13-14H2,1-4H3. The monoisotopic (exact) mass is 364 g/mol. The molecule has 0 aliphatic heterocycles. The van der Waals surface area contributed by atoms with Gasteiger partial charge in [0.25, 0.3) is 0 Å². The Labute approximate surface area is 155 Å². The van der Waals surface area contributed by atoms with Gasteiger partial charge in [-0.05, 0) is 30.5 Å². The zero-order chi connectivity index (χ0) is 17.6. The average molecular weight is 365 g/mol. The molecule has 0 spiro atoms. The van der Waals surface area contributed by atoms with Gasteiger partial charge in [0, 0.05) is 34.6 Å². The summed E-state index contributed by atoms with van der Waals surface area (Å²) in [4.78, 5) is 6.01. The maximum atomic E-state index is 6.06. The fourth-order valence-corrected chi connectivity index (χ4v) is 4.07. The summed E-state index contributed by atoms with van der Waals surface area (Å²) in [7, 11) is 0. The molecule has 24 heavy (non-hydrogen) atoms. The van der Waals surface area contributed by atoms with Gasteiger partial charge in [0.15, 0.2) is 4.80 Å². The van der Waals surface area contributed by atoms with Crippen LogP contribution in [0.2, 0.25) is 5.02 Å². The van der Waals surface area contributed by atoms with Crippen LogP contribution in [0.1, 0.15) is 64.6 Å². The number of hydrogen-bond acceptors (Lipinski definition) is 2. The summed E-state index contributed by atoms with van der Waals surface area (Å²) < 4.78 is 2.43. The zero-order valence-electron chi connectivity index (χ0n) is 15.3. The van der Waals surface area contributed by atoms with Crippen LogP contribution in [0.25, 0.3) is 0 Å². The molecule has 0 saturated heterocycles. The Morgan fingerprint density at radius 1 is 1.08 bits per heavy atom. The van der Waals surface area contributed by atoms with Crippen molar-refractivity contribution in [1.82, 2.24) is 4.57 Å². The van der Waals surface area contributed by atoms with Crippen LogP contribution in [0.5, 0.6) is 0 Å². The van der Waals surface area contributed by atoms with Crippen molar-refractivity contribution in [3.8, 4) is 0 Å². The van der Waals surface area contributed by atoms with Gasteiger partial charge in [-0.1, -0.05) is 64.3 Å². The van der Waals surface area contributed by atoms with E-state index < -0.39 is 0 Å². The van der Waals surface area contributed by atoms with Gasteiger partial charge in [-0.25, -0.2) is 0 Å². The normalized spacial score (nSPS) is 12.8. The highest BCUT2D eigenvalue weighted by atomic mass is 35.5. The molecule has 2 aromatic rings. The molecule has 0 atom stereocenters. The molecule has 0 aliphatic carbocycles. The second-order valence-corrected chi connectivity index (χ2v) is 8.05. The van der Waals surface area contributed by atoms with Crippen LogP contribution < -0.4 is 4.80 Å². The van der Waals surface area contributed by atoms with Crippen LogP contribution in [0.15, 0.2) is 34.6 Å². The van der Waals surface area contributed by atoms with Gasteiger partial charge in [0.1, 0.15) is 0 Å². The minimum absolute atomic E-state index is 0.0621. The second kappa shape index (κ2) is 8.87. The molecule has 132 valence electrons. The van der Waals surface area contributed by atoms with Crippen molar-refractivity contribution < 1.29 is 0 Å². The minimum atomic E-state index is -0.0621. The van der Waals surface area contributed by atoms with Gasteiger partial charge in [-0.2, -0.15) is 0 Å². The Balaban J connectivity index is 2.43. The summed E-state index contributed by atoms with van der Waals surface area (Å²) in [5, 5.41) is 3.07. The number of rotatable bonds is 8. The molecule has 0 N–H and O–H groups in total. The summed E-state index contributed by atoms with van der Waals surface area (Å²) >= 11 is 7.84. The summed E-state index contributed by atoms with van der Waals surface area (Å²) in [5.74, 6) is 0. The van der Waals surface area contributed by atoms with Crippen LogP contribution in [0.3, 0.4) is 0 Å². The summed E-state index contributed by atoms with van der Waals surface area (Å²) in [6.45, 7) is 11.0.